The molecule has 1 heterocycles. The number of benzene rings is 1. The first-order chi connectivity index (χ1) is 9.38. The van der Waals surface area contributed by atoms with Crippen molar-refractivity contribution in [1.82, 2.24) is 5.32 Å². The van der Waals surface area contributed by atoms with Crippen LogP contribution in [0.15, 0.2) is 22.7 Å². The number of anilines is 1. The molecule has 2 unspecified atom stereocenters. The maximum atomic E-state index is 13.0. The second-order valence-corrected chi connectivity index (χ2v) is 6.14. The number of hydrogen-bond acceptors (Lipinski definition) is 2. The van der Waals surface area contributed by atoms with Crippen molar-refractivity contribution in [2.24, 2.45) is 5.92 Å². The van der Waals surface area contributed by atoms with Crippen LogP contribution in [-0.4, -0.2) is 19.1 Å². The molecule has 2 rings (SSSR count). The van der Waals surface area contributed by atoms with Gasteiger partial charge < -0.3 is 10.6 Å². The van der Waals surface area contributed by atoms with Gasteiger partial charge >= 0.3 is 6.18 Å². The molecule has 2 N–H and O–H groups in total. The molecular weight excluding hydrogens is 333 g/mol. The molecule has 0 radical (unpaired) electrons. The van der Waals surface area contributed by atoms with E-state index in [0.29, 0.717) is 10.4 Å². The average Bonchev–Trinajstić information content (AvgIpc) is 2.38. The fourth-order valence-electron chi connectivity index (χ4n) is 2.55. The number of alkyl halides is 3. The summed E-state index contributed by atoms with van der Waals surface area (Å²) in [6, 6.07) is 4.02. The van der Waals surface area contributed by atoms with Crippen molar-refractivity contribution in [2.75, 3.05) is 18.4 Å². The van der Waals surface area contributed by atoms with E-state index in [0.717, 1.165) is 32.0 Å². The Kier molecular flexibility index (Phi) is 4.96. The first kappa shape index (κ1) is 15.6. The third kappa shape index (κ3) is 3.88. The van der Waals surface area contributed by atoms with Gasteiger partial charge in [0.05, 0.1) is 5.56 Å². The minimum Gasteiger partial charge on any atom is -0.382 e. The molecule has 112 valence electrons. The molecule has 0 aliphatic carbocycles. The van der Waals surface area contributed by atoms with Crippen molar-refractivity contribution in [1.29, 1.82) is 0 Å². The molecule has 0 spiro atoms. The highest BCUT2D eigenvalue weighted by atomic mass is 79.9. The molecule has 2 atom stereocenters. The van der Waals surface area contributed by atoms with Crippen LogP contribution < -0.4 is 10.6 Å². The van der Waals surface area contributed by atoms with E-state index in [9.17, 15) is 13.2 Å². The summed E-state index contributed by atoms with van der Waals surface area (Å²) in [6.45, 7) is 3.79. The van der Waals surface area contributed by atoms with Gasteiger partial charge in [0, 0.05) is 16.2 Å². The summed E-state index contributed by atoms with van der Waals surface area (Å²) in [5.41, 5.74) is -0.471. The molecular formula is C14H18BrF3N2. The van der Waals surface area contributed by atoms with Crippen LogP contribution in [0.5, 0.6) is 0 Å². The minimum absolute atomic E-state index is 0.00167. The lowest BCUT2D eigenvalue weighted by Gasteiger charge is -2.30. The van der Waals surface area contributed by atoms with Gasteiger partial charge in [0.25, 0.3) is 0 Å². The van der Waals surface area contributed by atoms with Crippen molar-refractivity contribution in [3.8, 4) is 0 Å². The van der Waals surface area contributed by atoms with Crippen LogP contribution in [0.2, 0.25) is 0 Å². The van der Waals surface area contributed by atoms with Crippen LogP contribution in [0.4, 0.5) is 18.9 Å². The van der Waals surface area contributed by atoms with Crippen molar-refractivity contribution in [3.63, 3.8) is 0 Å². The van der Waals surface area contributed by atoms with E-state index in [2.05, 4.69) is 26.6 Å². The molecule has 0 bridgehead atoms. The van der Waals surface area contributed by atoms with Crippen LogP contribution in [0.3, 0.4) is 0 Å². The minimum atomic E-state index is -4.34. The topological polar surface area (TPSA) is 24.1 Å². The predicted molar refractivity (Wildman–Crippen MR) is 77.8 cm³/mol. The van der Waals surface area contributed by atoms with Gasteiger partial charge in [-0.25, -0.2) is 0 Å². The van der Waals surface area contributed by atoms with Crippen molar-refractivity contribution in [3.05, 3.63) is 28.2 Å². The monoisotopic (exact) mass is 350 g/mol. The lowest BCUT2D eigenvalue weighted by molar-refractivity contribution is -0.137. The van der Waals surface area contributed by atoms with Gasteiger partial charge in [-0.1, -0.05) is 15.9 Å². The molecule has 1 aliphatic rings. The normalized spacial score (nSPS) is 21.6. The summed E-state index contributed by atoms with van der Waals surface area (Å²) in [5.74, 6) is 0.351. The summed E-state index contributed by atoms with van der Waals surface area (Å²) in [7, 11) is 0. The highest BCUT2D eigenvalue weighted by molar-refractivity contribution is 9.10. The Hall–Kier alpha value is -0.750. The van der Waals surface area contributed by atoms with E-state index in [1.165, 1.54) is 12.1 Å². The third-order valence-corrected chi connectivity index (χ3v) is 4.21. The zero-order valence-corrected chi connectivity index (χ0v) is 12.8. The molecule has 2 nitrogen and oxygen atoms in total. The first-order valence-corrected chi connectivity index (χ1v) is 7.51. The van der Waals surface area contributed by atoms with E-state index in [-0.39, 0.29) is 11.7 Å². The Morgan fingerprint density at radius 2 is 2.15 bits per heavy atom. The Bertz CT molecular complexity index is 456. The molecule has 1 aromatic rings. The van der Waals surface area contributed by atoms with Gasteiger partial charge in [-0.2, -0.15) is 13.2 Å². The summed E-state index contributed by atoms with van der Waals surface area (Å²) in [6.07, 6.45) is -2.23. The molecule has 1 aliphatic heterocycles. The Labute approximate surface area is 125 Å². The molecule has 0 aromatic heterocycles. The number of hydrogen-bond donors (Lipinski definition) is 2. The van der Waals surface area contributed by atoms with Gasteiger partial charge in [-0.15, -0.1) is 0 Å². The van der Waals surface area contributed by atoms with Crippen LogP contribution >= 0.6 is 15.9 Å². The van der Waals surface area contributed by atoms with Crippen LogP contribution in [0.1, 0.15) is 25.3 Å². The number of piperidine rings is 1. The largest absolute Gasteiger partial charge is 0.418 e. The highest BCUT2D eigenvalue weighted by Gasteiger charge is 2.34. The van der Waals surface area contributed by atoms with Crippen LogP contribution in [-0.2, 0) is 6.18 Å². The Balaban J connectivity index is 2.17. The first-order valence-electron chi connectivity index (χ1n) is 6.72. The van der Waals surface area contributed by atoms with Gasteiger partial charge in [-0.3, -0.25) is 0 Å². The average molecular weight is 351 g/mol. The standard InChI is InChI=1S/C14H18BrF3N2/c1-9(10-3-2-6-19-8-10)20-13-7-11(15)4-5-12(13)14(16,17)18/h4-5,7,9-10,19-20H,2-3,6,8H2,1H3. The second-order valence-electron chi connectivity index (χ2n) is 5.23. The van der Waals surface area contributed by atoms with E-state index in [1.807, 2.05) is 6.92 Å². The van der Waals surface area contributed by atoms with E-state index >= 15 is 0 Å². The number of halogens is 4. The summed E-state index contributed by atoms with van der Waals surface area (Å²) in [5, 5.41) is 6.32. The molecule has 1 fully saturated rings. The molecule has 20 heavy (non-hydrogen) atoms. The van der Waals surface area contributed by atoms with Gasteiger partial charge in [0.2, 0.25) is 0 Å². The van der Waals surface area contributed by atoms with E-state index in [1.54, 1.807) is 0 Å². The zero-order chi connectivity index (χ0) is 14.8. The van der Waals surface area contributed by atoms with Crippen LogP contribution in [0.25, 0.3) is 0 Å². The lowest BCUT2D eigenvalue weighted by Crippen LogP contribution is -2.39. The smallest absolute Gasteiger partial charge is 0.382 e. The molecule has 0 saturated carbocycles. The fraction of sp³-hybridized carbons (Fsp3) is 0.571. The fourth-order valence-corrected chi connectivity index (χ4v) is 2.91. The van der Waals surface area contributed by atoms with Crippen LogP contribution in [0, 0.1) is 5.92 Å². The van der Waals surface area contributed by atoms with Gasteiger partial charge in [0.15, 0.2) is 0 Å². The van der Waals surface area contributed by atoms with Crippen molar-refractivity contribution < 1.29 is 13.2 Å². The van der Waals surface area contributed by atoms with Crippen molar-refractivity contribution >= 4 is 21.6 Å². The SMILES string of the molecule is CC(Nc1cc(Br)ccc1C(F)(F)F)C1CCCNC1. The van der Waals surface area contributed by atoms with Crippen molar-refractivity contribution in [2.45, 2.75) is 32.0 Å². The summed E-state index contributed by atoms with van der Waals surface area (Å²) < 4.78 is 39.7. The molecule has 0 amide bonds. The summed E-state index contributed by atoms with van der Waals surface area (Å²) in [4.78, 5) is 0. The molecule has 1 aromatic carbocycles. The van der Waals surface area contributed by atoms with E-state index < -0.39 is 11.7 Å². The van der Waals surface area contributed by atoms with Gasteiger partial charge in [-0.05, 0) is 57.0 Å². The molecule has 6 heteroatoms. The number of nitrogens with one attached hydrogen (secondary N) is 2. The Morgan fingerprint density at radius 1 is 1.40 bits per heavy atom. The molecule has 1 saturated heterocycles. The zero-order valence-electron chi connectivity index (χ0n) is 11.2. The quantitative estimate of drug-likeness (QED) is 0.850. The predicted octanol–water partition coefficient (Wildman–Crippen LogP) is 4.27. The second kappa shape index (κ2) is 6.35. The van der Waals surface area contributed by atoms with E-state index in [4.69, 9.17) is 0 Å². The third-order valence-electron chi connectivity index (χ3n) is 3.71. The summed E-state index contributed by atoms with van der Waals surface area (Å²) >= 11 is 3.23. The lowest BCUT2D eigenvalue weighted by atomic mass is 9.92. The van der Waals surface area contributed by atoms with Gasteiger partial charge in [0.1, 0.15) is 0 Å². The number of rotatable bonds is 3. The Morgan fingerprint density at radius 3 is 2.75 bits per heavy atom. The maximum Gasteiger partial charge on any atom is 0.418 e. The maximum absolute atomic E-state index is 13.0. The highest BCUT2D eigenvalue weighted by Crippen LogP contribution is 2.37.